The molecule has 6 heteroatoms. The number of para-hydroxylation sites is 3. The smallest absolute Gasteiger partial charge is 0.238 e. The largest absolute Gasteiger partial charge is 0.454 e. The van der Waals surface area contributed by atoms with Crippen LogP contribution in [0.5, 0.6) is 0 Å². The Labute approximate surface area is 414 Å². The van der Waals surface area contributed by atoms with E-state index in [1.165, 1.54) is 27.8 Å². The molecule has 338 valence electrons. The Morgan fingerprint density at radius 3 is 1.69 bits per heavy atom. The molecule has 1 aliphatic rings. The lowest BCUT2D eigenvalue weighted by Crippen LogP contribution is -2.14. The van der Waals surface area contributed by atoms with Gasteiger partial charge in [0.05, 0.1) is 27.8 Å². The summed E-state index contributed by atoms with van der Waals surface area (Å²) in [6.45, 7) is 4.63. The molecule has 0 unspecified atom stereocenters. The minimum atomic E-state index is -0.195. The van der Waals surface area contributed by atoms with Crippen LogP contribution in [0.3, 0.4) is 0 Å². The van der Waals surface area contributed by atoms with Crippen molar-refractivity contribution < 1.29 is 4.42 Å². The van der Waals surface area contributed by atoms with Gasteiger partial charge in [0.1, 0.15) is 5.58 Å². The summed E-state index contributed by atoms with van der Waals surface area (Å²) in [5.41, 5.74) is 17.9. The van der Waals surface area contributed by atoms with Crippen molar-refractivity contribution in [3.8, 4) is 67.8 Å². The zero-order chi connectivity index (χ0) is 47.7. The van der Waals surface area contributed by atoms with E-state index in [4.69, 9.17) is 19.4 Å². The monoisotopic (exact) mass is 921 g/mol. The predicted molar refractivity (Wildman–Crippen MR) is 295 cm³/mol. The second-order valence-electron chi connectivity index (χ2n) is 19.5. The molecule has 15 rings (SSSR count). The molecule has 0 amide bonds. The quantitative estimate of drug-likeness (QED) is 0.167. The molecule has 6 nitrogen and oxygen atoms in total. The zero-order valence-electron chi connectivity index (χ0n) is 39.5. The fourth-order valence-electron chi connectivity index (χ4n) is 11.9. The van der Waals surface area contributed by atoms with Crippen LogP contribution in [0.25, 0.3) is 133 Å². The number of fused-ring (bicyclic) bond motifs is 13. The zero-order valence-corrected chi connectivity index (χ0v) is 39.5. The van der Waals surface area contributed by atoms with Crippen molar-refractivity contribution in [3.05, 3.63) is 236 Å². The number of benzene rings is 10. The standard InChI is InChI=1S/C66H43N5O/c1-66(2)53-30-13-9-28-50(53)59-51(29-18-31-54(59)66)64-67-63(41-21-7-4-8-22-41)68-65(69-64)71-56-33-15-11-26-46(56)49-36-35-48-45-25-10-14-32-55(45)70(60(48)61(49)71)57-39-44(38-52-47-27-12-16-34-58(47)72-62(52)57)43-24-17-23-42(37-43)40-19-5-3-6-20-40/h3-39H,1-2H3. The number of aromatic nitrogens is 5. The lowest BCUT2D eigenvalue weighted by atomic mass is 9.82. The molecule has 4 heterocycles. The van der Waals surface area contributed by atoms with E-state index in [0.29, 0.717) is 17.6 Å². The molecule has 0 N–H and O–H groups in total. The van der Waals surface area contributed by atoms with E-state index >= 15 is 0 Å². The van der Waals surface area contributed by atoms with Gasteiger partial charge in [-0.3, -0.25) is 4.57 Å². The second kappa shape index (κ2) is 15.3. The van der Waals surface area contributed by atoms with Gasteiger partial charge < -0.3 is 8.98 Å². The van der Waals surface area contributed by atoms with Crippen LogP contribution in [0, 0.1) is 0 Å². The highest BCUT2D eigenvalue weighted by Crippen LogP contribution is 2.52. The maximum Gasteiger partial charge on any atom is 0.238 e. The molecule has 0 spiro atoms. The van der Waals surface area contributed by atoms with Crippen molar-refractivity contribution in [1.29, 1.82) is 0 Å². The summed E-state index contributed by atoms with van der Waals surface area (Å²) in [4.78, 5) is 16.5. The molecular weight excluding hydrogens is 879 g/mol. The Morgan fingerprint density at radius 1 is 0.375 bits per heavy atom. The number of hydrogen-bond donors (Lipinski definition) is 0. The molecule has 0 saturated heterocycles. The number of nitrogens with zero attached hydrogens (tertiary/aromatic N) is 5. The predicted octanol–water partition coefficient (Wildman–Crippen LogP) is 16.9. The topological polar surface area (TPSA) is 61.7 Å². The third-order valence-corrected chi connectivity index (χ3v) is 15.2. The van der Waals surface area contributed by atoms with Gasteiger partial charge in [-0.1, -0.05) is 202 Å². The van der Waals surface area contributed by atoms with E-state index in [-0.39, 0.29) is 5.41 Å². The van der Waals surface area contributed by atoms with Crippen molar-refractivity contribution in [1.82, 2.24) is 24.1 Å². The molecule has 4 aromatic heterocycles. The molecule has 0 aliphatic heterocycles. The first-order chi connectivity index (χ1) is 35.5. The Bertz CT molecular complexity index is 4540. The van der Waals surface area contributed by atoms with E-state index in [1.54, 1.807) is 0 Å². The van der Waals surface area contributed by atoms with Crippen LogP contribution >= 0.6 is 0 Å². The Kier molecular flexibility index (Phi) is 8.61. The summed E-state index contributed by atoms with van der Waals surface area (Å²) < 4.78 is 11.7. The Hall–Kier alpha value is -9.39. The fourth-order valence-corrected chi connectivity index (χ4v) is 11.9. The maximum absolute atomic E-state index is 7.02. The van der Waals surface area contributed by atoms with Crippen molar-refractivity contribution in [2.45, 2.75) is 19.3 Å². The average molecular weight is 922 g/mol. The minimum Gasteiger partial charge on any atom is -0.454 e. The molecule has 0 atom stereocenters. The molecule has 0 saturated carbocycles. The molecule has 0 fully saturated rings. The van der Waals surface area contributed by atoms with E-state index in [0.717, 1.165) is 99.1 Å². The van der Waals surface area contributed by atoms with Crippen LogP contribution in [0.2, 0.25) is 0 Å². The van der Waals surface area contributed by atoms with E-state index in [9.17, 15) is 0 Å². The van der Waals surface area contributed by atoms with Gasteiger partial charge in [-0.2, -0.15) is 9.97 Å². The van der Waals surface area contributed by atoms with Gasteiger partial charge in [-0.05, 0) is 80.9 Å². The average Bonchev–Trinajstić information content (AvgIpc) is 4.16. The SMILES string of the molecule is CC1(C)c2ccccc2-c2c(-c3nc(-c4ccccc4)nc(-n4c5ccccc5c5ccc6c7ccccc7n(-c7cc(-c8cccc(-c9ccccc9)c8)cc8c7oc7ccccc78)c6c54)n3)cccc21. The Balaban J connectivity index is 1.07. The van der Waals surface area contributed by atoms with Gasteiger partial charge >= 0.3 is 0 Å². The molecule has 10 aromatic carbocycles. The summed E-state index contributed by atoms with van der Waals surface area (Å²) in [7, 11) is 0. The first kappa shape index (κ1) is 40.5. The van der Waals surface area contributed by atoms with Crippen molar-refractivity contribution in [2.75, 3.05) is 0 Å². The Morgan fingerprint density at radius 2 is 0.931 bits per heavy atom. The normalized spacial score (nSPS) is 13.0. The van der Waals surface area contributed by atoms with Gasteiger partial charge in [0, 0.05) is 48.9 Å². The molecular formula is C66H43N5O. The first-order valence-electron chi connectivity index (χ1n) is 24.6. The van der Waals surface area contributed by atoms with Gasteiger partial charge in [-0.25, -0.2) is 4.98 Å². The summed E-state index contributed by atoms with van der Waals surface area (Å²) in [5, 5.41) is 6.56. The fraction of sp³-hybridized carbons (Fsp3) is 0.0455. The second-order valence-corrected chi connectivity index (χ2v) is 19.5. The van der Waals surface area contributed by atoms with Crippen molar-refractivity contribution in [2.24, 2.45) is 0 Å². The van der Waals surface area contributed by atoms with Gasteiger partial charge in [-0.15, -0.1) is 0 Å². The number of furan rings is 1. The van der Waals surface area contributed by atoms with Crippen molar-refractivity contribution >= 4 is 65.6 Å². The minimum absolute atomic E-state index is 0.195. The summed E-state index contributed by atoms with van der Waals surface area (Å²) in [5.74, 6) is 1.76. The number of rotatable bonds is 6. The summed E-state index contributed by atoms with van der Waals surface area (Å²) in [6.07, 6.45) is 0. The highest BCUT2D eigenvalue weighted by molar-refractivity contribution is 6.24. The van der Waals surface area contributed by atoms with E-state index < -0.39 is 0 Å². The third kappa shape index (κ3) is 5.87. The molecule has 72 heavy (non-hydrogen) atoms. The van der Waals surface area contributed by atoms with E-state index in [1.807, 2.05) is 24.3 Å². The molecule has 14 aromatic rings. The highest BCUT2D eigenvalue weighted by Gasteiger charge is 2.37. The lowest BCUT2D eigenvalue weighted by Gasteiger charge is -2.21. The summed E-state index contributed by atoms with van der Waals surface area (Å²) >= 11 is 0. The van der Waals surface area contributed by atoms with Crippen LogP contribution in [-0.4, -0.2) is 24.1 Å². The maximum atomic E-state index is 7.02. The van der Waals surface area contributed by atoms with Crippen LogP contribution in [-0.2, 0) is 5.41 Å². The van der Waals surface area contributed by atoms with Crippen LogP contribution < -0.4 is 0 Å². The third-order valence-electron chi connectivity index (χ3n) is 15.2. The molecule has 0 bridgehead atoms. The first-order valence-corrected chi connectivity index (χ1v) is 24.6. The molecule has 0 radical (unpaired) electrons. The lowest BCUT2D eigenvalue weighted by molar-refractivity contribution is 0.660. The van der Waals surface area contributed by atoms with Crippen molar-refractivity contribution in [3.63, 3.8) is 0 Å². The van der Waals surface area contributed by atoms with Gasteiger partial charge in [0.2, 0.25) is 5.95 Å². The number of hydrogen-bond acceptors (Lipinski definition) is 4. The van der Waals surface area contributed by atoms with Gasteiger partial charge in [0.25, 0.3) is 0 Å². The highest BCUT2D eigenvalue weighted by atomic mass is 16.3. The van der Waals surface area contributed by atoms with Crippen LogP contribution in [0.15, 0.2) is 229 Å². The van der Waals surface area contributed by atoms with Gasteiger partial charge in [0.15, 0.2) is 17.2 Å². The molecule has 1 aliphatic carbocycles. The summed E-state index contributed by atoms with van der Waals surface area (Å²) in [6, 6.07) is 80.1. The van der Waals surface area contributed by atoms with E-state index in [2.05, 4.69) is 223 Å². The van der Waals surface area contributed by atoms with Crippen LogP contribution in [0.4, 0.5) is 0 Å². The van der Waals surface area contributed by atoms with Crippen LogP contribution in [0.1, 0.15) is 25.0 Å².